The van der Waals surface area contributed by atoms with Crippen LogP contribution >= 0.6 is 11.3 Å². The van der Waals surface area contributed by atoms with E-state index in [1.54, 1.807) is 28.2 Å². The van der Waals surface area contributed by atoms with Crippen molar-refractivity contribution in [2.45, 2.75) is 44.6 Å². The number of carbonyl (C=O) groups is 1. The predicted octanol–water partition coefficient (Wildman–Crippen LogP) is 4.25. The second-order valence-electron chi connectivity index (χ2n) is 8.92. The van der Waals surface area contributed by atoms with E-state index >= 15 is 0 Å². The molecule has 3 aromatic rings. The van der Waals surface area contributed by atoms with Gasteiger partial charge in [-0.3, -0.25) is 9.59 Å². The van der Waals surface area contributed by atoms with Gasteiger partial charge in [0.25, 0.3) is 5.56 Å². The van der Waals surface area contributed by atoms with Crippen LogP contribution in [0.4, 0.5) is 0 Å². The van der Waals surface area contributed by atoms with E-state index in [4.69, 9.17) is 0 Å². The summed E-state index contributed by atoms with van der Waals surface area (Å²) in [7, 11) is 0. The summed E-state index contributed by atoms with van der Waals surface area (Å²) in [6.45, 7) is 4.13. The fourth-order valence-electron chi connectivity index (χ4n) is 4.70. The van der Waals surface area contributed by atoms with Crippen molar-refractivity contribution in [3.63, 3.8) is 0 Å². The van der Waals surface area contributed by atoms with Crippen molar-refractivity contribution in [3.05, 3.63) is 75.4 Å². The van der Waals surface area contributed by atoms with Gasteiger partial charge in [0.15, 0.2) is 0 Å². The molecule has 1 aromatic carbocycles. The maximum atomic E-state index is 13.5. The Morgan fingerprint density at radius 2 is 1.97 bits per heavy atom. The van der Waals surface area contributed by atoms with Crippen LogP contribution in [0.3, 0.4) is 0 Å². The van der Waals surface area contributed by atoms with Gasteiger partial charge in [-0.15, -0.1) is 11.3 Å². The SMILES string of the molecule is Cc1ccc(C2(C(=O)N3CCC[C@@H](Cn4nc(-c5cccs5)ccc4=O)C3)CC2)cc1. The van der Waals surface area contributed by atoms with Crippen LogP contribution in [0.15, 0.2) is 58.7 Å². The Morgan fingerprint density at radius 1 is 1.16 bits per heavy atom. The molecule has 1 saturated carbocycles. The number of nitrogens with zero attached hydrogens (tertiary/aromatic N) is 3. The van der Waals surface area contributed by atoms with Crippen molar-refractivity contribution in [2.24, 2.45) is 5.92 Å². The molecule has 31 heavy (non-hydrogen) atoms. The van der Waals surface area contributed by atoms with Gasteiger partial charge in [0.2, 0.25) is 5.91 Å². The Hall–Kier alpha value is -2.73. The molecule has 3 heterocycles. The number of amides is 1. The van der Waals surface area contributed by atoms with Crippen LogP contribution in [-0.4, -0.2) is 33.7 Å². The molecule has 0 unspecified atom stereocenters. The Kier molecular flexibility index (Phi) is 5.26. The Balaban J connectivity index is 1.31. The summed E-state index contributed by atoms with van der Waals surface area (Å²) in [4.78, 5) is 29.0. The summed E-state index contributed by atoms with van der Waals surface area (Å²) in [5.41, 5.74) is 2.78. The number of piperidine rings is 1. The Morgan fingerprint density at radius 3 is 2.68 bits per heavy atom. The van der Waals surface area contributed by atoms with E-state index in [1.165, 1.54) is 5.56 Å². The number of hydrogen-bond acceptors (Lipinski definition) is 4. The maximum absolute atomic E-state index is 13.5. The van der Waals surface area contributed by atoms with Crippen molar-refractivity contribution < 1.29 is 4.79 Å². The number of benzene rings is 1. The van der Waals surface area contributed by atoms with Crippen LogP contribution in [0.2, 0.25) is 0 Å². The molecule has 5 nitrogen and oxygen atoms in total. The highest BCUT2D eigenvalue weighted by molar-refractivity contribution is 7.13. The van der Waals surface area contributed by atoms with Gasteiger partial charge >= 0.3 is 0 Å². The van der Waals surface area contributed by atoms with Crippen molar-refractivity contribution >= 4 is 17.2 Å². The summed E-state index contributed by atoms with van der Waals surface area (Å²) in [6, 6.07) is 15.8. The van der Waals surface area contributed by atoms with Crippen LogP contribution < -0.4 is 5.56 Å². The molecule has 160 valence electrons. The molecule has 0 N–H and O–H groups in total. The zero-order valence-corrected chi connectivity index (χ0v) is 18.6. The van der Waals surface area contributed by atoms with E-state index in [0.29, 0.717) is 13.1 Å². The highest BCUT2D eigenvalue weighted by atomic mass is 32.1. The minimum atomic E-state index is -0.330. The third-order valence-electron chi connectivity index (χ3n) is 6.64. The maximum Gasteiger partial charge on any atom is 0.266 e. The average Bonchev–Trinajstić information content (AvgIpc) is 3.41. The fourth-order valence-corrected chi connectivity index (χ4v) is 5.40. The van der Waals surface area contributed by atoms with Gasteiger partial charge in [0.1, 0.15) is 5.69 Å². The molecule has 1 atom stereocenters. The van der Waals surface area contributed by atoms with E-state index < -0.39 is 0 Å². The summed E-state index contributed by atoms with van der Waals surface area (Å²) in [6.07, 6.45) is 3.85. The predicted molar refractivity (Wildman–Crippen MR) is 123 cm³/mol. The van der Waals surface area contributed by atoms with E-state index in [9.17, 15) is 9.59 Å². The quantitative estimate of drug-likeness (QED) is 0.604. The molecule has 6 heteroatoms. The molecule has 1 saturated heterocycles. The summed E-state index contributed by atoms with van der Waals surface area (Å²) in [5, 5.41) is 6.62. The first-order valence-corrected chi connectivity index (χ1v) is 11.9. The number of hydrogen-bond donors (Lipinski definition) is 0. The molecule has 0 bridgehead atoms. The van der Waals surface area contributed by atoms with Crippen molar-refractivity contribution in [1.82, 2.24) is 14.7 Å². The molecule has 1 amide bonds. The van der Waals surface area contributed by atoms with Gasteiger partial charge in [-0.05, 0) is 61.6 Å². The lowest BCUT2D eigenvalue weighted by Gasteiger charge is -2.35. The first kappa shape index (κ1) is 20.2. The van der Waals surface area contributed by atoms with Gasteiger partial charge in [-0.2, -0.15) is 5.10 Å². The van der Waals surface area contributed by atoms with Crippen LogP contribution in [0.1, 0.15) is 36.8 Å². The first-order chi connectivity index (χ1) is 15.0. The third-order valence-corrected chi connectivity index (χ3v) is 7.53. The minimum Gasteiger partial charge on any atom is -0.342 e. The van der Waals surface area contributed by atoms with Gasteiger partial charge < -0.3 is 4.90 Å². The fraction of sp³-hybridized carbons (Fsp3) is 0.400. The molecule has 2 fully saturated rings. The topological polar surface area (TPSA) is 55.2 Å². The zero-order chi connectivity index (χ0) is 21.4. The Bertz CT molecular complexity index is 1130. The van der Waals surface area contributed by atoms with E-state index in [0.717, 1.165) is 48.4 Å². The molecule has 1 aliphatic heterocycles. The monoisotopic (exact) mass is 433 g/mol. The van der Waals surface area contributed by atoms with Crippen LogP contribution in [-0.2, 0) is 16.8 Å². The van der Waals surface area contributed by atoms with E-state index in [-0.39, 0.29) is 22.8 Å². The molecular formula is C25H27N3O2S. The zero-order valence-electron chi connectivity index (χ0n) is 17.8. The molecule has 0 spiro atoms. The molecule has 2 aromatic heterocycles. The smallest absolute Gasteiger partial charge is 0.266 e. The number of aromatic nitrogens is 2. The highest BCUT2D eigenvalue weighted by Crippen LogP contribution is 2.50. The van der Waals surface area contributed by atoms with E-state index in [1.807, 2.05) is 22.4 Å². The van der Waals surface area contributed by atoms with Crippen molar-refractivity contribution in [2.75, 3.05) is 13.1 Å². The van der Waals surface area contributed by atoms with Gasteiger partial charge in [0, 0.05) is 25.7 Å². The largest absolute Gasteiger partial charge is 0.342 e. The second kappa shape index (κ2) is 8.08. The molecule has 1 aliphatic carbocycles. The van der Waals surface area contributed by atoms with Crippen LogP contribution in [0.25, 0.3) is 10.6 Å². The molecule has 5 rings (SSSR count). The number of rotatable bonds is 5. The van der Waals surface area contributed by atoms with Crippen LogP contribution in [0.5, 0.6) is 0 Å². The molecule has 2 aliphatic rings. The lowest BCUT2D eigenvalue weighted by molar-refractivity contribution is -0.136. The second-order valence-corrected chi connectivity index (χ2v) is 9.87. The van der Waals surface area contributed by atoms with Crippen LogP contribution in [0, 0.1) is 12.8 Å². The average molecular weight is 434 g/mol. The lowest BCUT2D eigenvalue weighted by atomic mass is 9.91. The van der Waals surface area contributed by atoms with Gasteiger partial charge in [-0.25, -0.2) is 4.68 Å². The minimum absolute atomic E-state index is 0.0814. The highest BCUT2D eigenvalue weighted by Gasteiger charge is 2.53. The van der Waals surface area contributed by atoms with Gasteiger partial charge in [-0.1, -0.05) is 35.9 Å². The number of aryl methyl sites for hydroxylation is 1. The number of carbonyl (C=O) groups excluding carboxylic acids is 1. The van der Waals surface area contributed by atoms with Crippen molar-refractivity contribution in [1.29, 1.82) is 0 Å². The third kappa shape index (κ3) is 3.97. The van der Waals surface area contributed by atoms with E-state index in [2.05, 4.69) is 36.3 Å². The van der Waals surface area contributed by atoms with Crippen molar-refractivity contribution in [3.8, 4) is 10.6 Å². The lowest BCUT2D eigenvalue weighted by Crippen LogP contribution is -2.46. The first-order valence-electron chi connectivity index (χ1n) is 11.0. The number of likely N-dealkylation sites (tertiary alicyclic amines) is 1. The van der Waals surface area contributed by atoms with Gasteiger partial charge in [0.05, 0.1) is 10.3 Å². The molecule has 0 radical (unpaired) electrons. The summed E-state index contributed by atoms with van der Waals surface area (Å²) in [5.74, 6) is 0.504. The summed E-state index contributed by atoms with van der Waals surface area (Å²) >= 11 is 1.62. The Labute approximate surface area is 186 Å². The molecular weight excluding hydrogens is 406 g/mol. The summed E-state index contributed by atoms with van der Waals surface area (Å²) < 4.78 is 1.58. The standard InChI is InChI=1S/C25H27N3O2S/c1-18-6-8-20(9-7-18)25(12-13-25)24(30)27-14-2-4-19(16-27)17-28-23(29)11-10-21(26-28)22-5-3-15-31-22/h3,5-11,15,19H,2,4,12-14,16-17H2,1H3/t19-/m1/s1. The normalized spacial score (nSPS) is 19.9. The number of thiophene rings is 1.